The van der Waals surface area contributed by atoms with E-state index in [0.29, 0.717) is 0 Å². The maximum atomic E-state index is 11.2. The zero-order valence-electron chi connectivity index (χ0n) is 8.87. The van der Waals surface area contributed by atoms with E-state index in [1.807, 2.05) is 12.1 Å². The molecule has 0 aliphatic heterocycles. The number of hydrogen-bond donors (Lipinski definition) is 1. The molecule has 2 aliphatic carbocycles. The summed E-state index contributed by atoms with van der Waals surface area (Å²) in [6.45, 7) is 0. The van der Waals surface area contributed by atoms with Gasteiger partial charge in [-0.3, -0.25) is 4.79 Å². The summed E-state index contributed by atoms with van der Waals surface area (Å²) >= 11 is 6.01. The Kier molecular flexibility index (Phi) is 2.05. The van der Waals surface area contributed by atoms with Crippen molar-refractivity contribution in [2.45, 2.75) is 37.0 Å². The minimum Gasteiger partial charge on any atom is -0.481 e. The average Bonchev–Trinajstić information content (AvgIpc) is 2.51. The molecule has 0 bridgehead atoms. The van der Waals surface area contributed by atoms with Crippen LogP contribution >= 0.6 is 11.6 Å². The lowest BCUT2D eigenvalue weighted by Crippen LogP contribution is -2.32. The standard InChI is InChI=1S/C13H13ClO2/c14-8-2-3-9-10(12(15)16)7-13(4-1-5-13)11(9)6-8/h2-3,6,10H,1,4-5,7H2,(H,15,16). The molecule has 1 fully saturated rings. The highest BCUT2D eigenvalue weighted by atomic mass is 35.5. The van der Waals surface area contributed by atoms with Crippen molar-refractivity contribution in [3.05, 3.63) is 34.3 Å². The first-order valence-corrected chi connectivity index (χ1v) is 6.03. The van der Waals surface area contributed by atoms with Crippen LogP contribution in [0.2, 0.25) is 5.02 Å². The zero-order valence-corrected chi connectivity index (χ0v) is 9.63. The van der Waals surface area contributed by atoms with Gasteiger partial charge in [-0.05, 0) is 47.9 Å². The summed E-state index contributed by atoms with van der Waals surface area (Å²) < 4.78 is 0. The van der Waals surface area contributed by atoms with Gasteiger partial charge in [-0.2, -0.15) is 0 Å². The van der Waals surface area contributed by atoms with Crippen molar-refractivity contribution in [2.24, 2.45) is 0 Å². The largest absolute Gasteiger partial charge is 0.481 e. The van der Waals surface area contributed by atoms with Crippen molar-refractivity contribution in [3.8, 4) is 0 Å². The third kappa shape index (κ3) is 1.23. The number of carboxylic acid groups (broad SMARTS) is 1. The van der Waals surface area contributed by atoms with Crippen LogP contribution in [0.25, 0.3) is 0 Å². The van der Waals surface area contributed by atoms with Crippen molar-refractivity contribution in [1.82, 2.24) is 0 Å². The average molecular weight is 237 g/mol. The molecule has 1 unspecified atom stereocenters. The monoisotopic (exact) mass is 236 g/mol. The van der Waals surface area contributed by atoms with Gasteiger partial charge in [-0.1, -0.05) is 24.1 Å². The van der Waals surface area contributed by atoms with Crippen LogP contribution < -0.4 is 0 Å². The summed E-state index contributed by atoms with van der Waals surface area (Å²) in [6, 6.07) is 5.66. The summed E-state index contributed by atoms with van der Waals surface area (Å²) in [6.07, 6.45) is 4.20. The molecule has 2 aliphatic rings. The van der Waals surface area contributed by atoms with Gasteiger partial charge >= 0.3 is 5.97 Å². The van der Waals surface area contributed by atoms with E-state index in [1.165, 1.54) is 12.0 Å². The fourth-order valence-corrected chi connectivity index (χ4v) is 3.37. The summed E-state index contributed by atoms with van der Waals surface area (Å²) in [7, 11) is 0. The van der Waals surface area contributed by atoms with E-state index in [-0.39, 0.29) is 11.3 Å². The Morgan fingerprint density at radius 2 is 2.19 bits per heavy atom. The van der Waals surface area contributed by atoms with Gasteiger partial charge in [0.25, 0.3) is 0 Å². The fourth-order valence-electron chi connectivity index (χ4n) is 3.20. The van der Waals surface area contributed by atoms with E-state index in [4.69, 9.17) is 11.6 Å². The number of rotatable bonds is 1. The van der Waals surface area contributed by atoms with E-state index >= 15 is 0 Å². The first-order valence-electron chi connectivity index (χ1n) is 5.65. The second kappa shape index (κ2) is 3.24. The number of carbonyl (C=O) groups is 1. The molecular formula is C13H13ClO2. The molecule has 0 aromatic heterocycles. The predicted molar refractivity (Wildman–Crippen MR) is 62.0 cm³/mol. The lowest BCUT2D eigenvalue weighted by atomic mass is 9.65. The third-order valence-corrected chi connectivity index (χ3v) is 4.40. The van der Waals surface area contributed by atoms with Crippen molar-refractivity contribution >= 4 is 17.6 Å². The topological polar surface area (TPSA) is 37.3 Å². The van der Waals surface area contributed by atoms with Crippen LogP contribution in [-0.4, -0.2) is 11.1 Å². The summed E-state index contributed by atoms with van der Waals surface area (Å²) in [5, 5.41) is 9.97. The van der Waals surface area contributed by atoms with Gasteiger partial charge in [-0.15, -0.1) is 0 Å². The van der Waals surface area contributed by atoms with Gasteiger partial charge in [0.15, 0.2) is 0 Å². The van der Waals surface area contributed by atoms with Gasteiger partial charge in [0.1, 0.15) is 0 Å². The predicted octanol–water partition coefficient (Wildman–Crippen LogP) is 3.33. The normalized spacial score (nSPS) is 25.2. The minimum absolute atomic E-state index is 0.128. The van der Waals surface area contributed by atoms with Crippen molar-refractivity contribution in [1.29, 1.82) is 0 Å². The highest BCUT2D eigenvalue weighted by Gasteiger charge is 2.49. The van der Waals surface area contributed by atoms with E-state index in [1.54, 1.807) is 6.07 Å². The second-order valence-electron chi connectivity index (χ2n) is 4.96. The Bertz CT molecular complexity index is 463. The number of benzene rings is 1. The highest BCUT2D eigenvalue weighted by Crippen LogP contribution is 2.57. The van der Waals surface area contributed by atoms with E-state index in [0.717, 1.165) is 29.8 Å². The number of aliphatic carboxylic acids is 1. The molecule has 1 spiro atoms. The van der Waals surface area contributed by atoms with Gasteiger partial charge in [0.2, 0.25) is 0 Å². The second-order valence-corrected chi connectivity index (χ2v) is 5.40. The molecule has 1 saturated carbocycles. The Balaban J connectivity index is 2.14. The maximum Gasteiger partial charge on any atom is 0.311 e. The summed E-state index contributed by atoms with van der Waals surface area (Å²) in [5.74, 6) is -1.03. The highest BCUT2D eigenvalue weighted by molar-refractivity contribution is 6.30. The van der Waals surface area contributed by atoms with E-state index in [2.05, 4.69) is 0 Å². The first-order chi connectivity index (χ1) is 7.62. The summed E-state index contributed by atoms with van der Waals surface area (Å²) in [5.41, 5.74) is 2.30. The molecule has 2 nitrogen and oxygen atoms in total. The van der Waals surface area contributed by atoms with Crippen molar-refractivity contribution in [2.75, 3.05) is 0 Å². The summed E-state index contributed by atoms with van der Waals surface area (Å²) in [4.78, 5) is 11.2. The Morgan fingerprint density at radius 1 is 1.44 bits per heavy atom. The van der Waals surface area contributed by atoms with Gasteiger partial charge < -0.3 is 5.11 Å². The van der Waals surface area contributed by atoms with Gasteiger partial charge in [-0.25, -0.2) is 0 Å². The van der Waals surface area contributed by atoms with E-state index in [9.17, 15) is 9.90 Å². The molecule has 84 valence electrons. The SMILES string of the molecule is O=C(O)C1CC2(CCC2)c2cc(Cl)ccc21. The van der Waals surface area contributed by atoms with Crippen LogP contribution in [0, 0.1) is 0 Å². The van der Waals surface area contributed by atoms with Crippen molar-refractivity contribution in [3.63, 3.8) is 0 Å². The Labute approximate surface area is 99.2 Å². The molecule has 1 atom stereocenters. The van der Waals surface area contributed by atoms with Crippen LogP contribution in [0.3, 0.4) is 0 Å². The zero-order chi connectivity index (χ0) is 11.3. The first kappa shape index (κ1) is 10.2. The number of carboxylic acids is 1. The van der Waals surface area contributed by atoms with E-state index < -0.39 is 5.97 Å². The van der Waals surface area contributed by atoms with Crippen LogP contribution in [0.4, 0.5) is 0 Å². The van der Waals surface area contributed by atoms with Crippen LogP contribution in [0.1, 0.15) is 42.7 Å². The Morgan fingerprint density at radius 3 is 2.75 bits per heavy atom. The third-order valence-electron chi connectivity index (χ3n) is 4.17. The maximum absolute atomic E-state index is 11.2. The van der Waals surface area contributed by atoms with Crippen LogP contribution in [0.5, 0.6) is 0 Å². The molecule has 16 heavy (non-hydrogen) atoms. The number of fused-ring (bicyclic) bond motifs is 2. The molecule has 1 N–H and O–H groups in total. The minimum atomic E-state index is -0.702. The van der Waals surface area contributed by atoms with Gasteiger partial charge in [0.05, 0.1) is 5.92 Å². The molecule has 0 radical (unpaired) electrons. The number of hydrogen-bond acceptors (Lipinski definition) is 1. The van der Waals surface area contributed by atoms with Crippen molar-refractivity contribution < 1.29 is 9.90 Å². The Hall–Kier alpha value is -1.02. The van der Waals surface area contributed by atoms with Gasteiger partial charge in [0, 0.05) is 5.02 Å². The molecule has 0 heterocycles. The van der Waals surface area contributed by atoms with Crippen LogP contribution in [0.15, 0.2) is 18.2 Å². The molecule has 0 amide bonds. The number of halogens is 1. The lowest BCUT2D eigenvalue weighted by molar-refractivity contribution is -0.139. The smallest absolute Gasteiger partial charge is 0.311 e. The molecule has 3 rings (SSSR count). The molecule has 1 aromatic rings. The molecule has 3 heteroatoms. The quantitative estimate of drug-likeness (QED) is 0.812. The van der Waals surface area contributed by atoms with Crippen LogP contribution in [-0.2, 0) is 10.2 Å². The molecule has 0 saturated heterocycles. The lowest BCUT2D eigenvalue weighted by Gasteiger charge is -2.39. The molecule has 1 aromatic carbocycles. The molecular weight excluding hydrogens is 224 g/mol. The fraction of sp³-hybridized carbons (Fsp3) is 0.462.